The van der Waals surface area contributed by atoms with Crippen molar-refractivity contribution in [3.8, 4) is 0 Å². The van der Waals surface area contributed by atoms with Crippen molar-refractivity contribution in [3.63, 3.8) is 0 Å². The van der Waals surface area contributed by atoms with Gasteiger partial charge < -0.3 is 5.73 Å². The van der Waals surface area contributed by atoms with E-state index in [9.17, 15) is 0 Å². The van der Waals surface area contributed by atoms with Gasteiger partial charge in [0, 0.05) is 17.6 Å². The first kappa shape index (κ1) is 9.99. The van der Waals surface area contributed by atoms with E-state index in [4.69, 9.17) is 17.3 Å². The van der Waals surface area contributed by atoms with Crippen molar-refractivity contribution in [3.05, 3.63) is 58.9 Å². The predicted molar refractivity (Wildman–Crippen MR) is 62.9 cm³/mol. The molecule has 0 saturated carbocycles. The van der Waals surface area contributed by atoms with Crippen LogP contribution in [0.4, 0.5) is 5.69 Å². The minimum atomic E-state index is 0.716. The third-order valence-corrected chi connectivity index (χ3v) is 2.42. The van der Waals surface area contributed by atoms with Crippen molar-refractivity contribution in [2.45, 2.75) is 6.42 Å². The Morgan fingerprint density at radius 3 is 2.80 bits per heavy atom. The summed E-state index contributed by atoms with van der Waals surface area (Å²) < 4.78 is 0. The molecule has 1 aromatic carbocycles. The Labute approximate surface area is 93.7 Å². The quantitative estimate of drug-likeness (QED) is 0.842. The predicted octanol–water partition coefficient (Wildman–Crippen LogP) is 2.91. The highest BCUT2D eigenvalue weighted by Crippen LogP contribution is 2.16. The molecule has 2 N–H and O–H groups in total. The molecule has 0 aliphatic carbocycles. The fourth-order valence-electron chi connectivity index (χ4n) is 1.44. The average molecular weight is 219 g/mol. The van der Waals surface area contributed by atoms with Crippen LogP contribution in [-0.2, 0) is 6.42 Å². The Morgan fingerprint density at radius 2 is 2.07 bits per heavy atom. The number of halogens is 1. The molecular weight excluding hydrogens is 208 g/mol. The number of hydrogen-bond acceptors (Lipinski definition) is 2. The molecule has 0 atom stereocenters. The lowest BCUT2D eigenvalue weighted by Gasteiger charge is -2.04. The van der Waals surface area contributed by atoms with Crippen LogP contribution >= 0.6 is 11.6 Å². The number of aromatic nitrogens is 1. The molecule has 76 valence electrons. The topological polar surface area (TPSA) is 38.9 Å². The largest absolute Gasteiger partial charge is 0.397 e. The van der Waals surface area contributed by atoms with E-state index in [0.29, 0.717) is 6.42 Å². The average Bonchev–Trinajstić information content (AvgIpc) is 2.22. The molecule has 0 spiro atoms. The summed E-state index contributed by atoms with van der Waals surface area (Å²) in [5, 5.41) is 0.738. The Hall–Kier alpha value is -1.54. The number of nitrogens with zero attached hydrogens (tertiary/aromatic N) is 1. The van der Waals surface area contributed by atoms with Crippen LogP contribution in [0.25, 0.3) is 0 Å². The van der Waals surface area contributed by atoms with Gasteiger partial charge in [-0.1, -0.05) is 23.7 Å². The lowest BCUT2D eigenvalue weighted by atomic mass is 10.1. The smallest absolute Gasteiger partial charge is 0.0676 e. The number of anilines is 1. The van der Waals surface area contributed by atoms with Crippen LogP contribution in [-0.4, -0.2) is 4.98 Å². The first-order valence-corrected chi connectivity index (χ1v) is 5.07. The maximum Gasteiger partial charge on any atom is 0.0676 e. The van der Waals surface area contributed by atoms with Crippen LogP contribution in [0.2, 0.25) is 5.02 Å². The van der Waals surface area contributed by atoms with Gasteiger partial charge in [-0.05, 0) is 29.8 Å². The van der Waals surface area contributed by atoms with Crippen molar-refractivity contribution in [2.24, 2.45) is 0 Å². The Kier molecular flexibility index (Phi) is 2.88. The molecule has 1 heterocycles. The summed E-state index contributed by atoms with van der Waals surface area (Å²) in [5.74, 6) is 0. The van der Waals surface area contributed by atoms with Crippen molar-refractivity contribution in [1.29, 1.82) is 0 Å². The maximum atomic E-state index is 5.90. The van der Waals surface area contributed by atoms with E-state index < -0.39 is 0 Å². The number of pyridine rings is 1. The molecule has 0 amide bonds. The molecule has 15 heavy (non-hydrogen) atoms. The van der Waals surface area contributed by atoms with E-state index in [-0.39, 0.29) is 0 Å². The molecular formula is C12H11ClN2. The zero-order valence-electron chi connectivity index (χ0n) is 8.15. The SMILES string of the molecule is Nc1cccnc1Cc1cccc(Cl)c1. The summed E-state index contributed by atoms with van der Waals surface area (Å²) in [5.41, 5.74) is 8.54. The van der Waals surface area contributed by atoms with Gasteiger partial charge in [-0.2, -0.15) is 0 Å². The van der Waals surface area contributed by atoms with E-state index in [1.54, 1.807) is 6.20 Å². The second kappa shape index (κ2) is 4.32. The molecule has 0 fully saturated rings. The molecule has 0 saturated heterocycles. The van der Waals surface area contributed by atoms with Gasteiger partial charge in [0.15, 0.2) is 0 Å². The van der Waals surface area contributed by atoms with Crippen LogP contribution in [0.15, 0.2) is 42.6 Å². The fraction of sp³-hybridized carbons (Fsp3) is 0.0833. The number of hydrogen-bond donors (Lipinski definition) is 1. The molecule has 0 bridgehead atoms. The summed E-state index contributed by atoms with van der Waals surface area (Å²) >= 11 is 5.90. The number of nitrogens with two attached hydrogens (primary N) is 1. The molecule has 2 nitrogen and oxygen atoms in total. The van der Waals surface area contributed by atoms with E-state index in [1.807, 2.05) is 36.4 Å². The normalized spacial score (nSPS) is 10.2. The van der Waals surface area contributed by atoms with E-state index in [0.717, 1.165) is 22.0 Å². The van der Waals surface area contributed by atoms with E-state index in [1.165, 1.54) is 0 Å². The van der Waals surface area contributed by atoms with Gasteiger partial charge in [-0.25, -0.2) is 0 Å². The third kappa shape index (κ3) is 2.48. The second-order valence-corrected chi connectivity index (χ2v) is 3.78. The minimum Gasteiger partial charge on any atom is -0.397 e. The van der Waals surface area contributed by atoms with E-state index >= 15 is 0 Å². The molecule has 0 aliphatic heterocycles. The van der Waals surface area contributed by atoms with Gasteiger partial charge in [0.2, 0.25) is 0 Å². The lowest BCUT2D eigenvalue weighted by Crippen LogP contribution is -1.98. The first-order chi connectivity index (χ1) is 7.25. The van der Waals surface area contributed by atoms with Crippen molar-refractivity contribution < 1.29 is 0 Å². The summed E-state index contributed by atoms with van der Waals surface area (Å²) in [6, 6.07) is 11.4. The number of benzene rings is 1. The summed E-state index contributed by atoms with van der Waals surface area (Å²) in [6.07, 6.45) is 2.46. The Morgan fingerprint density at radius 1 is 1.20 bits per heavy atom. The molecule has 0 radical (unpaired) electrons. The van der Waals surface area contributed by atoms with Crippen LogP contribution in [0.5, 0.6) is 0 Å². The van der Waals surface area contributed by atoms with Gasteiger partial charge >= 0.3 is 0 Å². The molecule has 1 aromatic heterocycles. The maximum absolute atomic E-state index is 5.90. The number of nitrogen functional groups attached to an aromatic ring is 1. The van der Waals surface area contributed by atoms with Crippen molar-refractivity contribution >= 4 is 17.3 Å². The lowest BCUT2D eigenvalue weighted by molar-refractivity contribution is 1.08. The van der Waals surface area contributed by atoms with Gasteiger partial charge in [-0.15, -0.1) is 0 Å². The summed E-state index contributed by atoms with van der Waals surface area (Å²) in [7, 11) is 0. The van der Waals surface area contributed by atoms with Crippen LogP contribution in [0.1, 0.15) is 11.3 Å². The number of rotatable bonds is 2. The molecule has 2 rings (SSSR count). The highest BCUT2D eigenvalue weighted by atomic mass is 35.5. The van der Waals surface area contributed by atoms with Gasteiger partial charge in [0.25, 0.3) is 0 Å². The fourth-order valence-corrected chi connectivity index (χ4v) is 1.65. The van der Waals surface area contributed by atoms with E-state index in [2.05, 4.69) is 4.98 Å². The second-order valence-electron chi connectivity index (χ2n) is 3.35. The Bertz CT molecular complexity index is 469. The van der Waals surface area contributed by atoms with Crippen molar-refractivity contribution in [2.75, 3.05) is 5.73 Å². The van der Waals surface area contributed by atoms with Crippen LogP contribution in [0.3, 0.4) is 0 Å². The molecule has 2 aromatic rings. The molecule has 0 unspecified atom stereocenters. The van der Waals surface area contributed by atoms with Crippen LogP contribution in [0, 0.1) is 0 Å². The summed E-state index contributed by atoms with van der Waals surface area (Å²) in [4.78, 5) is 4.24. The molecule has 3 heteroatoms. The standard InChI is InChI=1S/C12H11ClN2/c13-10-4-1-3-9(7-10)8-12-11(14)5-2-6-15-12/h1-7H,8,14H2. The van der Waals surface area contributed by atoms with Crippen molar-refractivity contribution in [1.82, 2.24) is 4.98 Å². The molecule has 0 aliphatic rings. The third-order valence-electron chi connectivity index (χ3n) is 2.19. The van der Waals surface area contributed by atoms with Crippen LogP contribution < -0.4 is 5.73 Å². The zero-order chi connectivity index (χ0) is 10.7. The summed E-state index contributed by atoms with van der Waals surface area (Å²) in [6.45, 7) is 0. The highest BCUT2D eigenvalue weighted by molar-refractivity contribution is 6.30. The van der Waals surface area contributed by atoms with Gasteiger partial charge in [0.1, 0.15) is 0 Å². The first-order valence-electron chi connectivity index (χ1n) is 4.69. The monoisotopic (exact) mass is 218 g/mol. The minimum absolute atomic E-state index is 0.716. The Balaban J connectivity index is 2.26. The highest BCUT2D eigenvalue weighted by Gasteiger charge is 2.01. The van der Waals surface area contributed by atoms with Gasteiger partial charge in [-0.3, -0.25) is 4.98 Å². The zero-order valence-corrected chi connectivity index (χ0v) is 8.91. The van der Waals surface area contributed by atoms with Gasteiger partial charge in [0.05, 0.1) is 11.4 Å².